The smallest absolute Gasteiger partial charge is 0.379 e. The largest absolute Gasteiger partial charge is 0.416 e. The van der Waals surface area contributed by atoms with Crippen LogP contribution in [0.1, 0.15) is 57.5 Å². The van der Waals surface area contributed by atoms with Crippen molar-refractivity contribution in [1.82, 2.24) is 29.9 Å². The maximum atomic E-state index is 13.3. The molecule has 0 saturated carbocycles. The van der Waals surface area contributed by atoms with Crippen LogP contribution >= 0.6 is 0 Å². The number of alkyl halides is 3. The number of carbonyl (C=O) groups excluding carboxylic acids is 6. The molecule has 0 aliphatic carbocycles. The van der Waals surface area contributed by atoms with Crippen LogP contribution in [0.15, 0.2) is 66.9 Å². The molecule has 0 bridgehead atoms. The summed E-state index contributed by atoms with van der Waals surface area (Å²) in [6, 6.07) is 14.1. The van der Waals surface area contributed by atoms with Gasteiger partial charge in [-0.3, -0.25) is 38.1 Å². The summed E-state index contributed by atoms with van der Waals surface area (Å²) in [6.45, 7) is 1.60. The average Bonchev–Trinajstić information content (AvgIpc) is 3.85. The number of halogens is 3. The van der Waals surface area contributed by atoms with Crippen LogP contribution in [-0.2, 0) is 53.0 Å². The van der Waals surface area contributed by atoms with E-state index >= 15 is 0 Å². The predicted molar refractivity (Wildman–Crippen MR) is 220 cm³/mol. The number of aryl methyl sites for hydroxylation is 1. The first-order chi connectivity index (χ1) is 29.8. The molecule has 1 aliphatic rings. The van der Waals surface area contributed by atoms with Crippen LogP contribution < -0.4 is 16.0 Å². The number of aldehydes is 1. The molecule has 0 fully saturated rings. The van der Waals surface area contributed by atoms with Crippen molar-refractivity contribution >= 4 is 63.4 Å². The minimum atomic E-state index is -4.43. The van der Waals surface area contributed by atoms with Gasteiger partial charge >= 0.3 is 6.18 Å². The van der Waals surface area contributed by atoms with Gasteiger partial charge in [-0.05, 0) is 66.9 Å². The normalized spacial score (nSPS) is 13.1. The lowest BCUT2D eigenvalue weighted by Crippen LogP contribution is -2.48. The summed E-state index contributed by atoms with van der Waals surface area (Å²) in [5.41, 5.74) is 2.36. The fourth-order valence-electron chi connectivity index (χ4n) is 7.14. The van der Waals surface area contributed by atoms with E-state index in [1.807, 2.05) is 29.0 Å². The molecular weight excluding hydrogens is 816 g/mol. The van der Waals surface area contributed by atoms with Crippen LogP contribution in [-0.4, -0.2) is 114 Å². The molecule has 1 atom stereocenters. The highest BCUT2D eigenvalue weighted by Gasteiger charge is 2.44. The summed E-state index contributed by atoms with van der Waals surface area (Å²) in [4.78, 5) is 75.7. The Labute approximate surface area is 353 Å². The number of carbonyl (C=O) groups is 6. The first kappa shape index (κ1) is 45.1. The molecule has 3 heterocycles. The van der Waals surface area contributed by atoms with Gasteiger partial charge in [0.25, 0.3) is 11.8 Å². The number of nitrogens with one attached hydrogen (secondary N) is 3. The maximum absolute atomic E-state index is 13.3. The Morgan fingerprint density at radius 1 is 0.855 bits per heavy atom. The molecule has 62 heavy (non-hydrogen) atoms. The Kier molecular flexibility index (Phi) is 14.8. The highest BCUT2D eigenvalue weighted by molar-refractivity contribution is 6.25. The number of hydrogen-bond acceptors (Lipinski definition) is 10. The van der Waals surface area contributed by atoms with E-state index in [4.69, 9.17) is 14.2 Å². The highest BCUT2D eigenvalue weighted by atomic mass is 19.4. The quantitative estimate of drug-likeness (QED) is 0.0512. The van der Waals surface area contributed by atoms with Crippen LogP contribution in [0.5, 0.6) is 0 Å². The second-order valence-electron chi connectivity index (χ2n) is 14.3. The summed E-state index contributed by atoms with van der Waals surface area (Å²) < 4.78 is 59.5. The number of hydrogen-bond donors (Lipinski definition) is 3. The van der Waals surface area contributed by atoms with Gasteiger partial charge in [0, 0.05) is 56.1 Å². The third-order valence-electron chi connectivity index (χ3n) is 10.1. The van der Waals surface area contributed by atoms with Crippen molar-refractivity contribution in [2.45, 2.75) is 44.3 Å². The lowest BCUT2D eigenvalue weighted by molar-refractivity contribution is -0.137. The van der Waals surface area contributed by atoms with E-state index in [9.17, 15) is 41.9 Å². The number of imide groups is 1. The fourth-order valence-corrected chi connectivity index (χ4v) is 7.14. The van der Waals surface area contributed by atoms with E-state index in [1.54, 1.807) is 11.7 Å². The number of anilines is 1. The number of benzene rings is 3. The van der Waals surface area contributed by atoms with Crippen molar-refractivity contribution in [1.29, 1.82) is 0 Å². The average molecular weight is 862 g/mol. The molecule has 16 nitrogen and oxygen atoms in total. The van der Waals surface area contributed by atoms with Gasteiger partial charge in [0.1, 0.15) is 12.3 Å². The number of ether oxygens (including phenoxy) is 3. The molecule has 3 N–H and O–H groups in total. The molecule has 1 aliphatic heterocycles. The molecular formula is C43H46F3N7O9. The number of likely N-dealkylation sites (N-methyl/N-ethyl adjacent to an activating group) is 1. The van der Waals surface area contributed by atoms with Crippen molar-refractivity contribution in [3.05, 3.63) is 89.1 Å². The zero-order valence-corrected chi connectivity index (χ0v) is 34.1. The lowest BCUT2D eigenvalue weighted by atomic mass is 10.1. The van der Waals surface area contributed by atoms with Gasteiger partial charge in [-0.25, -0.2) is 0 Å². The third-order valence-corrected chi connectivity index (χ3v) is 10.1. The number of aromatic nitrogens is 3. The van der Waals surface area contributed by atoms with Crippen LogP contribution in [0.25, 0.3) is 27.6 Å². The molecule has 328 valence electrons. The van der Waals surface area contributed by atoms with Crippen LogP contribution in [0.3, 0.4) is 0 Å². The van der Waals surface area contributed by atoms with Crippen molar-refractivity contribution in [3.63, 3.8) is 0 Å². The molecule has 2 aromatic heterocycles. The topological polar surface area (TPSA) is 192 Å². The van der Waals surface area contributed by atoms with E-state index in [0.29, 0.717) is 30.6 Å². The number of nitrogens with zero attached hydrogens (tertiary/aromatic N) is 4. The number of amides is 5. The summed E-state index contributed by atoms with van der Waals surface area (Å²) in [5, 5.41) is 14.3. The maximum Gasteiger partial charge on any atom is 0.416 e. The van der Waals surface area contributed by atoms with Crippen LogP contribution in [0.4, 0.5) is 18.9 Å². The minimum Gasteiger partial charge on any atom is -0.379 e. The Bertz CT molecular complexity index is 2450. The Morgan fingerprint density at radius 3 is 2.19 bits per heavy atom. The van der Waals surface area contributed by atoms with Crippen molar-refractivity contribution in [2.24, 2.45) is 7.05 Å². The molecule has 5 aromatic rings. The molecule has 0 saturated heterocycles. The van der Waals surface area contributed by atoms with Crippen molar-refractivity contribution < 1.29 is 56.1 Å². The first-order valence-corrected chi connectivity index (χ1v) is 19.9. The summed E-state index contributed by atoms with van der Waals surface area (Å²) in [5.74, 6) is -2.65. The summed E-state index contributed by atoms with van der Waals surface area (Å²) in [6.07, 6.45) is -1.37. The lowest BCUT2D eigenvalue weighted by Gasteiger charge is -2.24. The van der Waals surface area contributed by atoms with Crippen molar-refractivity contribution in [3.8, 4) is 5.69 Å². The predicted octanol–water partition coefficient (Wildman–Crippen LogP) is 4.35. The van der Waals surface area contributed by atoms with E-state index in [0.717, 1.165) is 38.9 Å². The zero-order valence-electron chi connectivity index (χ0n) is 34.1. The standard InChI is InChI=1S/C43H46F3N7O9/c1-47-40(57)35(7-4-18-54)53-41(58)30-5-3-6-33(38(30)42(53)59)49-37(56)16-20-61-22-24-62-23-21-60-19-15-36(55)48-17-14-27-8-13-34-31(25-27)32-26-51(2)50-39(32)52(34)29-11-9-28(10-12-29)43(44,45)46/h3,5-6,8-13,18,25-26,35H,4,7,14-17,19-24H2,1-2H3,(H,47,57)(H,48,55)(H,49,56). The SMILES string of the molecule is CNC(=O)C(CCC=O)N1C(=O)c2cccc(NC(=O)CCOCCOCCOCCC(=O)NCCc3ccc4c(c3)c3cn(C)nc3n4-c3ccc(C(F)(F)F)cc3)c2C1=O. The Balaban J connectivity index is 0.841. The molecule has 1 unspecified atom stereocenters. The molecule has 6 rings (SSSR count). The van der Waals surface area contributed by atoms with Crippen LogP contribution in [0, 0.1) is 0 Å². The Hall–Kier alpha value is -6.44. The van der Waals surface area contributed by atoms with E-state index in [-0.39, 0.29) is 88.0 Å². The zero-order chi connectivity index (χ0) is 44.4. The van der Waals surface area contributed by atoms with Gasteiger partial charge in [-0.15, -0.1) is 0 Å². The van der Waals surface area contributed by atoms with Gasteiger partial charge < -0.3 is 35.0 Å². The molecule has 19 heteroatoms. The van der Waals surface area contributed by atoms with Crippen molar-refractivity contribution in [2.75, 3.05) is 58.6 Å². The van der Waals surface area contributed by atoms with Gasteiger partial charge in [-0.1, -0.05) is 12.1 Å². The van der Waals surface area contributed by atoms with Crippen LogP contribution in [0.2, 0.25) is 0 Å². The van der Waals surface area contributed by atoms with Gasteiger partial charge in [0.15, 0.2) is 5.65 Å². The molecule has 0 radical (unpaired) electrons. The monoisotopic (exact) mass is 861 g/mol. The van der Waals surface area contributed by atoms with E-state index < -0.39 is 41.4 Å². The van der Waals surface area contributed by atoms with E-state index in [1.165, 1.54) is 37.4 Å². The summed E-state index contributed by atoms with van der Waals surface area (Å²) >= 11 is 0. The number of fused-ring (bicyclic) bond motifs is 4. The Morgan fingerprint density at radius 2 is 1.53 bits per heavy atom. The summed E-state index contributed by atoms with van der Waals surface area (Å²) in [7, 11) is 3.15. The molecule has 3 aromatic carbocycles. The highest BCUT2D eigenvalue weighted by Crippen LogP contribution is 2.35. The second kappa shape index (κ2) is 20.4. The number of rotatable bonds is 22. The van der Waals surface area contributed by atoms with Gasteiger partial charge in [-0.2, -0.15) is 18.3 Å². The van der Waals surface area contributed by atoms with Gasteiger partial charge in [0.05, 0.1) is 74.0 Å². The molecule has 5 amide bonds. The minimum absolute atomic E-state index is 0.0291. The van der Waals surface area contributed by atoms with E-state index in [2.05, 4.69) is 21.0 Å². The second-order valence-corrected chi connectivity index (χ2v) is 14.3. The molecule has 0 spiro atoms. The van der Waals surface area contributed by atoms with Gasteiger partial charge in [0.2, 0.25) is 17.7 Å². The third kappa shape index (κ3) is 10.5. The first-order valence-electron chi connectivity index (χ1n) is 19.9. The fraction of sp³-hybridized carbons (Fsp3) is 0.372.